The highest BCUT2D eigenvalue weighted by Crippen LogP contribution is 2.27. The van der Waals surface area contributed by atoms with E-state index < -0.39 is 15.9 Å². The fraction of sp³-hybridized carbons (Fsp3) is 0.211. The number of nitrogens with one attached hydrogen (secondary N) is 1. The Kier molecular flexibility index (Phi) is 6.56. The third-order valence-electron chi connectivity index (χ3n) is 3.99. The molecule has 0 saturated carbocycles. The number of carbonyl (C=O) groups excluding carboxylic acids is 1. The number of rotatable bonds is 8. The predicted molar refractivity (Wildman–Crippen MR) is 112 cm³/mol. The summed E-state index contributed by atoms with van der Waals surface area (Å²) < 4.78 is 31.9. The summed E-state index contributed by atoms with van der Waals surface area (Å²) in [4.78, 5) is 12.0. The first kappa shape index (κ1) is 20.6. The lowest BCUT2D eigenvalue weighted by molar-refractivity contribution is -0.121. The smallest absolute Gasteiger partial charge is 0.252 e. The second-order valence-corrected chi connectivity index (χ2v) is 10.0. The number of hydrogen-bond donors (Lipinski definition) is 1. The van der Waals surface area contributed by atoms with Crippen LogP contribution in [0, 0.1) is 0 Å². The molecule has 0 aliphatic rings. The molecule has 0 atom stereocenters. The van der Waals surface area contributed by atoms with E-state index in [4.69, 9.17) is 16.3 Å². The van der Waals surface area contributed by atoms with E-state index in [9.17, 15) is 13.2 Å². The molecule has 1 heterocycles. The summed E-state index contributed by atoms with van der Waals surface area (Å²) in [5, 5.41) is 4.86. The van der Waals surface area contributed by atoms with Gasteiger partial charge < -0.3 is 10.1 Å². The van der Waals surface area contributed by atoms with Gasteiger partial charge in [0.25, 0.3) is 10.0 Å². The van der Waals surface area contributed by atoms with Gasteiger partial charge in [-0.2, -0.15) is 4.31 Å². The Morgan fingerprint density at radius 2 is 1.89 bits per heavy atom. The molecule has 0 radical (unpaired) electrons. The van der Waals surface area contributed by atoms with E-state index >= 15 is 0 Å². The van der Waals surface area contributed by atoms with Crippen LogP contribution in [0.4, 0.5) is 0 Å². The first-order chi connectivity index (χ1) is 13.4. The summed E-state index contributed by atoms with van der Waals surface area (Å²) in [5.41, 5.74) is 0. The average molecular weight is 439 g/mol. The maximum Gasteiger partial charge on any atom is 0.252 e. The molecule has 3 aromatic rings. The van der Waals surface area contributed by atoms with Gasteiger partial charge in [0, 0.05) is 7.05 Å². The molecule has 0 bridgehead atoms. The van der Waals surface area contributed by atoms with Crippen molar-refractivity contribution in [3.8, 4) is 5.75 Å². The quantitative estimate of drug-likeness (QED) is 0.547. The lowest BCUT2D eigenvalue weighted by Crippen LogP contribution is -2.39. The zero-order valence-corrected chi connectivity index (χ0v) is 17.5. The third-order valence-corrected chi connectivity index (χ3v) is 7.50. The number of thiophene rings is 1. The summed E-state index contributed by atoms with van der Waals surface area (Å²) in [5.74, 6) is 0.304. The first-order valence-corrected chi connectivity index (χ1v) is 11.1. The summed E-state index contributed by atoms with van der Waals surface area (Å²) in [6, 6.07) is 16.7. The maximum atomic E-state index is 12.4. The minimum Gasteiger partial charge on any atom is -0.492 e. The SMILES string of the molecule is CN(CC(=O)NCCOc1ccc2ccccc2c1)S(=O)(=O)c1ccc(Cl)s1. The van der Waals surface area contributed by atoms with E-state index in [0.717, 1.165) is 26.4 Å². The van der Waals surface area contributed by atoms with Gasteiger partial charge in [0.05, 0.1) is 17.4 Å². The number of nitrogens with zero attached hydrogens (tertiary/aromatic N) is 1. The van der Waals surface area contributed by atoms with Crippen LogP contribution >= 0.6 is 22.9 Å². The Labute approximate surface area is 172 Å². The Balaban J connectivity index is 1.46. The Hall–Kier alpha value is -2.13. The molecule has 3 rings (SSSR count). The fourth-order valence-corrected chi connectivity index (χ4v) is 5.37. The number of fused-ring (bicyclic) bond motifs is 1. The van der Waals surface area contributed by atoms with Crippen LogP contribution < -0.4 is 10.1 Å². The fourth-order valence-electron chi connectivity index (χ4n) is 2.55. The first-order valence-electron chi connectivity index (χ1n) is 8.46. The Bertz CT molecular complexity index is 1080. The van der Waals surface area contributed by atoms with E-state index in [1.807, 2.05) is 42.5 Å². The van der Waals surface area contributed by atoms with Crippen molar-refractivity contribution in [2.24, 2.45) is 0 Å². The van der Waals surface area contributed by atoms with Crippen LogP contribution in [0.2, 0.25) is 4.34 Å². The van der Waals surface area contributed by atoms with Crippen molar-refractivity contribution in [1.29, 1.82) is 0 Å². The molecule has 0 aliphatic heterocycles. The zero-order valence-electron chi connectivity index (χ0n) is 15.1. The predicted octanol–water partition coefficient (Wildman–Crippen LogP) is 3.37. The van der Waals surface area contributed by atoms with Gasteiger partial charge in [-0.25, -0.2) is 8.42 Å². The number of amides is 1. The van der Waals surface area contributed by atoms with Crippen LogP contribution in [-0.4, -0.2) is 45.4 Å². The molecular formula is C19H19ClN2O4S2. The monoisotopic (exact) mass is 438 g/mol. The summed E-state index contributed by atoms with van der Waals surface area (Å²) in [6.07, 6.45) is 0. The van der Waals surface area contributed by atoms with E-state index in [1.165, 1.54) is 19.2 Å². The molecule has 1 aromatic heterocycles. The van der Waals surface area contributed by atoms with E-state index in [0.29, 0.717) is 10.1 Å². The molecule has 6 nitrogen and oxygen atoms in total. The van der Waals surface area contributed by atoms with Crippen molar-refractivity contribution in [2.75, 3.05) is 26.7 Å². The summed E-state index contributed by atoms with van der Waals surface area (Å²) in [7, 11) is -2.38. The highest BCUT2D eigenvalue weighted by Gasteiger charge is 2.24. The van der Waals surface area contributed by atoms with Crippen molar-refractivity contribution in [1.82, 2.24) is 9.62 Å². The minimum atomic E-state index is -3.73. The molecule has 0 aliphatic carbocycles. The highest BCUT2D eigenvalue weighted by atomic mass is 35.5. The highest BCUT2D eigenvalue weighted by molar-refractivity contribution is 7.91. The van der Waals surface area contributed by atoms with Crippen LogP contribution in [0.25, 0.3) is 10.8 Å². The lowest BCUT2D eigenvalue weighted by Gasteiger charge is -2.15. The molecule has 0 saturated heterocycles. The Morgan fingerprint density at radius 1 is 1.14 bits per heavy atom. The van der Waals surface area contributed by atoms with Gasteiger partial charge in [-0.3, -0.25) is 4.79 Å². The Morgan fingerprint density at radius 3 is 2.61 bits per heavy atom. The summed E-state index contributed by atoms with van der Waals surface area (Å²) >= 11 is 6.74. The average Bonchev–Trinajstić information content (AvgIpc) is 3.12. The van der Waals surface area contributed by atoms with E-state index in [-0.39, 0.29) is 23.9 Å². The number of hydrogen-bond acceptors (Lipinski definition) is 5. The number of ether oxygens (including phenoxy) is 1. The molecule has 28 heavy (non-hydrogen) atoms. The van der Waals surface area contributed by atoms with Crippen LogP contribution in [0.1, 0.15) is 0 Å². The van der Waals surface area contributed by atoms with Gasteiger partial charge in [0.1, 0.15) is 16.6 Å². The summed E-state index contributed by atoms with van der Waals surface area (Å²) in [6.45, 7) is 0.263. The minimum absolute atomic E-state index is 0.104. The molecule has 0 unspecified atom stereocenters. The topological polar surface area (TPSA) is 75.7 Å². The van der Waals surface area contributed by atoms with Crippen molar-refractivity contribution in [3.63, 3.8) is 0 Å². The third kappa shape index (κ3) is 5.02. The van der Waals surface area contributed by atoms with Crippen LogP contribution in [-0.2, 0) is 14.8 Å². The molecule has 9 heteroatoms. The second kappa shape index (κ2) is 8.91. The normalized spacial score (nSPS) is 11.7. The van der Waals surface area contributed by atoms with Gasteiger partial charge in [0.15, 0.2) is 0 Å². The van der Waals surface area contributed by atoms with Crippen LogP contribution in [0.5, 0.6) is 5.75 Å². The number of carbonyl (C=O) groups is 1. The molecule has 1 N–H and O–H groups in total. The van der Waals surface area contributed by atoms with Crippen LogP contribution in [0.3, 0.4) is 0 Å². The van der Waals surface area contributed by atoms with E-state index in [1.54, 1.807) is 0 Å². The van der Waals surface area contributed by atoms with Gasteiger partial charge in [-0.15, -0.1) is 11.3 Å². The number of halogens is 1. The van der Waals surface area contributed by atoms with Gasteiger partial charge >= 0.3 is 0 Å². The standard InChI is InChI=1S/C19H19ClN2O4S2/c1-22(28(24,25)19-9-8-17(20)27-19)13-18(23)21-10-11-26-16-7-6-14-4-2-3-5-15(14)12-16/h2-9,12H,10-11,13H2,1H3,(H,21,23). The van der Waals surface area contributed by atoms with Crippen molar-refractivity contribution in [2.45, 2.75) is 4.21 Å². The van der Waals surface area contributed by atoms with Gasteiger partial charge in [0.2, 0.25) is 5.91 Å². The van der Waals surface area contributed by atoms with Crippen molar-refractivity contribution in [3.05, 3.63) is 58.9 Å². The molecule has 0 spiro atoms. The van der Waals surface area contributed by atoms with Crippen LogP contribution in [0.15, 0.2) is 58.8 Å². The molecular weight excluding hydrogens is 420 g/mol. The molecule has 1 amide bonds. The largest absolute Gasteiger partial charge is 0.492 e. The van der Waals surface area contributed by atoms with E-state index in [2.05, 4.69) is 5.32 Å². The zero-order chi connectivity index (χ0) is 20.1. The maximum absolute atomic E-state index is 12.4. The molecule has 0 fully saturated rings. The number of likely N-dealkylation sites (N-methyl/N-ethyl adjacent to an activating group) is 1. The number of sulfonamides is 1. The molecule has 148 valence electrons. The van der Waals surface area contributed by atoms with Gasteiger partial charge in [-0.1, -0.05) is 41.9 Å². The second-order valence-electron chi connectivity index (χ2n) is 6.03. The lowest BCUT2D eigenvalue weighted by atomic mass is 10.1. The van der Waals surface area contributed by atoms with Crippen molar-refractivity contribution >= 4 is 49.6 Å². The number of benzene rings is 2. The van der Waals surface area contributed by atoms with Gasteiger partial charge in [-0.05, 0) is 35.0 Å². The molecule has 2 aromatic carbocycles. The van der Waals surface area contributed by atoms with Crippen molar-refractivity contribution < 1.29 is 17.9 Å².